The van der Waals surface area contributed by atoms with Crippen LogP contribution in [0.2, 0.25) is 0 Å². The van der Waals surface area contributed by atoms with Crippen LogP contribution in [0.15, 0.2) is 187 Å². The van der Waals surface area contributed by atoms with Crippen LogP contribution < -0.4 is 4.90 Å². The number of hydrogen-bond acceptors (Lipinski definition) is 1. The normalized spacial score (nSPS) is 25.3. The molecule has 0 fully saturated rings. The van der Waals surface area contributed by atoms with Crippen molar-refractivity contribution in [1.82, 2.24) is 0 Å². The molecule has 0 heterocycles. The van der Waals surface area contributed by atoms with Gasteiger partial charge in [0.1, 0.15) is 0 Å². The Balaban J connectivity index is 1.10. The average Bonchev–Trinajstić information content (AvgIpc) is 3.61. The van der Waals surface area contributed by atoms with E-state index in [1.807, 2.05) is 0 Å². The summed E-state index contributed by atoms with van der Waals surface area (Å²) in [5.74, 6) is 1.10. The van der Waals surface area contributed by atoms with Crippen molar-refractivity contribution in [2.75, 3.05) is 4.90 Å². The first-order valence-electron chi connectivity index (χ1n) is 19.9. The van der Waals surface area contributed by atoms with Gasteiger partial charge in [0.15, 0.2) is 0 Å². The van der Waals surface area contributed by atoms with Crippen LogP contribution in [-0.2, 0) is 11.8 Å². The molecule has 0 saturated carbocycles. The molecule has 0 bridgehead atoms. The molecule has 11 rings (SSSR count). The predicted molar refractivity (Wildman–Crippen MR) is 227 cm³/mol. The van der Waals surface area contributed by atoms with Gasteiger partial charge in [-0.2, -0.15) is 0 Å². The van der Waals surface area contributed by atoms with Crippen LogP contribution in [0.3, 0.4) is 0 Å². The Bertz CT molecular complexity index is 2630. The molecule has 6 aliphatic carbocycles. The summed E-state index contributed by atoms with van der Waals surface area (Å²) in [6.45, 7) is 2.46. The van der Waals surface area contributed by atoms with E-state index in [0.717, 1.165) is 25.7 Å². The number of hydrogen-bond donors (Lipinski definition) is 0. The summed E-state index contributed by atoms with van der Waals surface area (Å²) in [6.07, 6.45) is 32.0. The summed E-state index contributed by atoms with van der Waals surface area (Å²) in [7, 11) is 0. The summed E-state index contributed by atoms with van der Waals surface area (Å²) >= 11 is 0. The van der Waals surface area contributed by atoms with Crippen molar-refractivity contribution < 1.29 is 0 Å². The number of rotatable bonds is 4. The van der Waals surface area contributed by atoms with Gasteiger partial charge in [-0.3, -0.25) is 0 Å². The molecule has 0 aromatic heterocycles. The van der Waals surface area contributed by atoms with E-state index in [2.05, 4.69) is 188 Å². The molecule has 5 aromatic carbocycles. The van der Waals surface area contributed by atoms with Gasteiger partial charge in [-0.25, -0.2) is 0 Å². The fraction of sp³-hybridized carbons (Fsp3) is 0.170. The number of fused-ring (bicyclic) bond motifs is 5. The summed E-state index contributed by atoms with van der Waals surface area (Å²) in [4.78, 5) is 2.52. The summed E-state index contributed by atoms with van der Waals surface area (Å²) in [5, 5.41) is 2.51. The first-order valence-corrected chi connectivity index (χ1v) is 19.9. The maximum absolute atomic E-state index is 2.57. The molecule has 0 aliphatic heterocycles. The first-order chi connectivity index (χ1) is 26.7. The van der Waals surface area contributed by atoms with Gasteiger partial charge in [0, 0.05) is 28.6 Å². The topological polar surface area (TPSA) is 3.24 Å². The van der Waals surface area contributed by atoms with Gasteiger partial charge in [0.05, 0.1) is 11.1 Å². The van der Waals surface area contributed by atoms with Crippen molar-refractivity contribution in [2.24, 2.45) is 11.8 Å². The highest BCUT2D eigenvalue weighted by Crippen LogP contribution is 2.67. The predicted octanol–water partition coefficient (Wildman–Crippen LogP) is 13.6. The number of allylic oxidation sites excluding steroid dienone is 16. The maximum atomic E-state index is 2.57. The van der Waals surface area contributed by atoms with Gasteiger partial charge in [-0.15, -0.1) is 0 Å². The monoisotopic (exact) mass is 693 g/mol. The fourth-order valence-corrected chi connectivity index (χ4v) is 10.8. The molecular weight excluding hydrogens is 651 g/mol. The molecule has 0 amide bonds. The Kier molecular flexibility index (Phi) is 7.21. The lowest BCUT2D eigenvalue weighted by atomic mass is 9.65. The van der Waals surface area contributed by atoms with Crippen molar-refractivity contribution in [1.29, 1.82) is 0 Å². The van der Waals surface area contributed by atoms with Gasteiger partial charge in [-0.1, -0.05) is 153 Å². The van der Waals surface area contributed by atoms with Gasteiger partial charge < -0.3 is 4.90 Å². The van der Waals surface area contributed by atoms with Crippen molar-refractivity contribution in [3.63, 3.8) is 0 Å². The Morgan fingerprint density at radius 3 is 2.48 bits per heavy atom. The highest BCUT2D eigenvalue weighted by molar-refractivity contribution is 6.06. The SMILES string of the molecule is CC1/C=C\C=C/Cc2cccc3c2C12C1=C3CCC=C1c1ccc(N(c3ccc(C4C=CC=C5C=CC=CC5C4)cc3)c3cccc4ccccc34)cc12. The number of anilines is 3. The van der Waals surface area contributed by atoms with Crippen LogP contribution in [0.1, 0.15) is 65.5 Å². The molecule has 0 radical (unpaired) electrons. The Morgan fingerprint density at radius 1 is 0.704 bits per heavy atom. The van der Waals surface area contributed by atoms with Crippen LogP contribution in [0.5, 0.6) is 0 Å². The van der Waals surface area contributed by atoms with E-state index in [4.69, 9.17) is 0 Å². The molecule has 4 atom stereocenters. The van der Waals surface area contributed by atoms with Gasteiger partial charge >= 0.3 is 0 Å². The molecule has 4 unspecified atom stereocenters. The van der Waals surface area contributed by atoms with E-state index in [0.29, 0.717) is 11.8 Å². The summed E-state index contributed by atoms with van der Waals surface area (Å²) in [5.41, 5.74) is 18.1. The molecule has 0 saturated heterocycles. The molecule has 0 N–H and O–H groups in total. The van der Waals surface area contributed by atoms with Crippen LogP contribution in [0, 0.1) is 11.8 Å². The Hall–Kier alpha value is -5.92. The zero-order valence-corrected chi connectivity index (χ0v) is 30.8. The van der Waals surface area contributed by atoms with E-state index in [9.17, 15) is 0 Å². The van der Waals surface area contributed by atoms with Crippen molar-refractivity contribution in [2.45, 2.75) is 43.9 Å². The molecule has 6 aliphatic rings. The second kappa shape index (κ2) is 12.3. The third-order valence-corrected chi connectivity index (χ3v) is 13.1. The minimum Gasteiger partial charge on any atom is -0.310 e. The molecule has 1 spiro atoms. The molecular formula is C53H43N. The van der Waals surface area contributed by atoms with Gasteiger partial charge in [0.25, 0.3) is 0 Å². The standard InChI is InChI=1S/C53H43N/c1-35-13-3-2-4-16-39-20-10-23-47-48-25-12-24-46-45-32-31-43(34-49(45)53(35,51(39)47)52(46)48)54(50-26-11-19-38-15-7-8-22-44(38)50)42-29-27-37(28-30-42)41-21-9-18-36-14-5-6-17-40(36)33-41/h2-11,13-15,17-24,26-32,34-35,40-41H,12,16,25,33H2,1H3/b4-2-,13-3-. The van der Waals surface area contributed by atoms with Crippen LogP contribution in [0.25, 0.3) is 21.9 Å². The average molecular weight is 694 g/mol. The van der Waals surface area contributed by atoms with E-state index < -0.39 is 0 Å². The summed E-state index contributed by atoms with van der Waals surface area (Å²) in [6, 6.07) is 39.5. The largest absolute Gasteiger partial charge is 0.310 e. The zero-order valence-electron chi connectivity index (χ0n) is 30.8. The molecule has 54 heavy (non-hydrogen) atoms. The minimum absolute atomic E-state index is 0.225. The second-order valence-electron chi connectivity index (χ2n) is 15.9. The first kappa shape index (κ1) is 31.6. The van der Waals surface area contributed by atoms with E-state index >= 15 is 0 Å². The zero-order chi connectivity index (χ0) is 35.8. The van der Waals surface area contributed by atoms with Gasteiger partial charge in [0.2, 0.25) is 0 Å². The van der Waals surface area contributed by atoms with Crippen LogP contribution in [0.4, 0.5) is 17.1 Å². The summed E-state index contributed by atoms with van der Waals surface area (Å²) < 4.78 is 0. The maximum Gasteiger partial charge on any atom is 0.0540 e. The van der Waals surface area contributed by atoms with E-state index in [1.54, 1.807) is 16.7 Å². The van der Waals surface area contributed by atoms with Gasteiger partial charge in [-0.05, 0) is 123 Å². The van der Waals surface area contributed by atoms with Crippen LogP contribution >= 0.6 is 0 Å². The molecule has 260 valence electrons. The number of nitrogens with zero attached hydrogens (tertiary/aromatic N) is 1. The molecule has 5 aromatic rings. The highest BCUT2D eigenvalue weighted by Gasteiger charge is 2.56. The van der Waals surface area contributed by atoms with Crippen molar-refractivity contribution in [3.8, 4) is 0 Å². The second-order valence-corrected chi connectivity index (χ2v) is 15.9. The lowest BCUT2D eigenvalue weighted by Crippen LogP contribution is -2.33. The highest BCUT2D eigenvalue weighted by atomic mass is 15.1. The van der Waals surface area contributed by atoms with Crippen LogP contribution in [-0.4, -0.2) is 0 Å². The minimum atomic E-state index is -0.225. The lowest BCUT2D eigenvalue weighted by Gasteiger charge is -2.37. The Morgan fingerprint density at radius 2 is 1.54 bits per heavy atom. The van der Waals surface area contributed by atoms with Crippen molar-refractivity contribution in [3.05, 3.63) is 221 Å². The van der Waals surface area contributed by atoms with E-state index in [-0.39, 0.29) is 11.3 Å². The lowest BCUT2D eigenvalue weighted by molar-refractivity contribution is 0.497. The van der Waals surface area contributed by atoms with Crippen molar-refractivity contribution >= 4 is 39.0 Å². The quantitative estimate of drug-likeness (QED) is 0.181. The third kappa shape index (κ3) is 4.57. The van der Waals surface area contributed by atoms with E-state index in [1.165, 1.54) is 66.8 Å². The molecule has 1 nitrogen and oxygen atoms in total. The molecule has 1 heteroatoms. The number of benzene rings is 5. The smallest absolute Gasteiger partial charge is 0.0540 e. The Labute approximate surface area is 319 Å². The fourth-order valence-electron chi connectivity index (χ4n) is 10.8. The third-order valence-electron chi connectivity index (χ3n) is 13.1.